The molecule has 1 aromatic rings. The Morgan fingerprint density at radius 1 is 1.68 bits per heavy atom. The van der Waals surface area contributed by atoms with Crippen molar-refractivity contribution < 1.29 is 19.4 Å². The number of aromatic amines is 1. The lowest BCUT2D eigenvalue weighted by Crippen LogP contribution is -2.45. The number of hydrogen-bond acceptors (Lipinski definition) is 5. The lowest BCUT2D eigenvalue weighted by atomic mass is 9.97. The molecule has 1 aliphatic rings. The minimum Gasteiger partial charge on any atom is -0.464 e. The largest absolute Gasteiger partial charge is 0.464 e. The number of carbonyl (C=O) groups is 1. The van der Waals surface area contributed by atoms with Crippen molar-refractivity contribution in [1.82, 2.24) is 10.3 Å². The SMILES string of the molecule is COC(=O)c1ccc(CNCC2(O)CCOC2C)[nH]1. The van der Waals surface area contributed by atoms with E-state index < -0.39 is 5.60 Å². The maximum absolute atomic E-state index is 11.3. The minimum absolute atomic E-state index is 0.158. The van der Waals surface area contributed by atoms with E-state index in [1.807, 2.05) is 13.0 Å². The molecular formula is C13H20N2O4. The van der Waals surface area contributed by atoms with Crippen LogP contribution in [-0.2, 0) is 16.0 Å². The van der Waals surface area contributed by atoms with Crippen molar-refractivity contribution in [2.24, 2.45) is 0 Å². The van der Waals surface area contributed by atoms with Crippen LogP contribution in [0.25, 0.3) is 0 Å². The molecule has 0 aromatic carbocycles. The predicted molar refractivity (Wildman–Crippen MR) is 68.8 cm³/mol. The third-order valence-corrected chi connectivity index (χ3v) is 3.56. The maximum atomic E-state index is 11.3. The zero-order valence-corrected chi connectivity index (χ0v) is 11.2. The van der Waals surface area contributed by atoms with E-state index in [-0.39, 0.29) is 12.1 Å². The Hall–Kier alpha value is -1.37. The molecule has 2 heterocycles. The van der Waals surface area contributed by atoms with Crippen LogP contribution in [0.2, 0.25) is 0 Å². The molecule has 19 heavy (non-hydrogen) atoms. The van der Waals surface area contributed by atoms with E-state index in [2.05, 4.69) is 15.0 Å². The molecule has 0 bridgehead atoms. The second-order valence-corrected chi connectivity index (χ2v) is 4.86. The maximum Gasteiger partial charge on any atom is 0.354 e. The molecule has 3 N–H and O–H groups in total. The van der Waals surface area contributed by atoms with Crippen molar-refractivity contribution in [3.8, 4) is 0 Å². The van der Waals surface area contributed by atoms with E-state index in [4.69, 9.17) is 4.74 Å². The molecule has 1 saturated heterocycles. The van der Waals surface area contributed by atoms with Crippen LogP contribution in [-0.4, -0.2) is 48.0 Å². The Morgan fingerprint density at radius 2 is 2.47 bits per heavy atom. The van der Waals surface area contributed by atoms with Crippen LogP contribution in [0.3, 0.4) is 0 Å². The molecule has 0 spiro atoms. The van der Waals surface area contributed by atoms with Gasteiger partial charge in [-0.2, -0.15) is 0 Å². The summed E-state index contributed by atoms with van der Waals surface area (Å²) >= 11 is 0. The summed E-state index contributed by atoms with van der Waals surface area (Å²) in [6.45, 7) is 3.47. The van der Waals surface area contributed by atoms with Gasteiger partial charge < -0.3 is 24.9 Å². The van der Waals surface area contributed by atoms with Crippen LogP contribution in [0.1, 0.15) is 29.5 Å². The van der Waals surface area contributed by atoms with E-state index in [1.165, 1.54) is 7.11 Å². The van der Waals surface area contributed by atoms with Crippen molar-refractivity contribution >= 4 is 5.97 Å². The standard InChI is InChI=1S/C13H20N2O4/c1-9-13(17,5-6-19-9)8-14-7-10-3-4-11(15-10)12(16)18-2/h3-4,9,14-15,17H,5-8H2,1-2H3. The van der Waals surface area contributed by atoms with Gasteiger partial charge in [-0.1, -0.05) is 0 Å². The third-order valence-electron chi connectivity index (χ3n) is 3.56. The van der Waals surface area contributed by atoms with Gasteiger partial charge in [0.2, 0.25) is 0 Å². The zero-order chi connectivity index (χ0) is 13.9. The number of rotatable bonds is 5. The summed E-state index contributed by atoms with van der Waals surface area (Å²) in [6.07, 6.45) is 0.480. The summed E-state index contributed by atoms with van der Waals surface area (Å²) < 4.78 is 9.98. The number of H-pyrrole nitrogens is 1. The first-order chi connectivity index (χ1) is 9.05. The normalized spacial score (nSPS) is 26.6. The predicted octanol–water partition coefficient (Wildman–Crippen LogP) is 0.431. The van der Waals surface area contributed by atoms with Gasteiger partial charge in [0.05, 0.1) is 13.2 Å². The first-order valence-electron chi connectivity index (χ1n) is 6.36. The van der Waals surface area contributed by atoms with Crippen molar-refractivity contribution in [1.29, 1.82) is 0 Å². The fraction of sp³-hybridized carbons (Fsp3) is 0.615. The number of esters is 1. The van der Waals surface area contributed by atoms with Gasteiger partial charge in [0.1, 0.15) is 11.3 Å². The number of nitrogens with one attached hydrogen (secondary N) is 2. The molecule has 106 valence electrons. The number of aromatic nitrogens is 1. The van der Waals surface area contributed by atoms with Gasteiger partial charge in [-0.15, -0.1) is 0 Å². The fourth-order valence-corrected chi connectivity index (χ4v) is 2.19. The monoisotopic (exact) mass is 268 g/mol. The van der Waals surface area contributed by atoms with E-state index >= 15 is 0 Å². The summed E-state index contributed by atoms with van der Waals surface area (Å²) in [5, 5.41) is 13.5. The van der Waals surface area contributed by atoms with E-state index in [0.29, 0.717) is 31.8 Å². The highest BCUT2D eigenvalue weighted by atomic mass is 16.5. The van der Waals surface area contributed by atoms with Gasteiger partial charge in [-0.3, -0.25) is 0 Å². The smallest absolute Gasteiger partial charge is 0.354 e. The van der Waals surface area contributed by atoms with Crippen molar-refractivity contribution in [2.75, 3.05) is 20.3 Å². The van der Waals surface area contributed by atoms with E-state index in [0.717, 1.165) is 5.69 Å². The van der Waals surface area contributed by atoms with Gasteiger partial charge in [-0.25, -0.2) is 4.79 Å². The first kappa shape index (κ1) is 14.0. The summed E-state index contributed by atoms with van der Waals surface area (Å²) in [5.41, 5.74) is 0.490. The van der Waals surface area contributed by atoms with Gasteiger partial charge in [0, 0.05) is 31.8 Å². The fourth-order valence-electron chi connectivity index (χ4n) is 2.19. The van der Waals surface area contributed by atoms with E-state index in [9.17, 15) is 9.90 Å². The second-order valence-electron chi connectivity index (χ2n) is 4.86. The average Bonchev–Trinajstić information content (AvgIpc) is 2.98. The molecule has 6 heteroatoms. The molecule has 2 atom stereocenters. The number of ether oxygens (including phenoxy) is 2. The lowest BCUT2D eigenvalue weighted by molar-refractivity contribution is -0.0263. The Morgan fingerprint density at radius 3 is 3.11 bits per heavy atom. The topological polar surface area (TPSA) is 83.6 Å². The summed E-state index contributed by atoms with van der Waals surface area (Å²) in [6, 6.07) is 3.50. The van der Waals surface area contributed by atoms with Crippen LogP contribution in [0.4, 0.5) is 0 Å². The van der Waals surface area contributed by atoms with Gasteiger partial charge in [0.25, 0.3) is 0 Å². The number of methoxy groups -OCH3 is 1. The molecule has 0 amide bonds. The molecular weight excluding hydrogens is 248 g/mol. The van der Waals surface area contributed by atoms with E-state index in [1.54, 1.807) is 6.07 Å². The Kier molecular flexibility index (Phi) is 4.24. The summed E-state index contributed by atoms with van der Waals surface area (Å²) in [4.78, 5) is 14.2. The molecule has 6 nitrogen and oxygen atoms in total. The molecule has 1 aromatic heterocycles. The van der Waals surface area contributed by atoms with Crippen molar-refractivity contribution in [3.05, 3.63) is 23.5 Å². The van der Waals surface area contributed by atoms with Gasteiger partial charge in [0.15, 0.2) is 0 Å². The highest BCUT2D eigenvalue weighted by molar-refractivity contribution is 5.87. The molecule has 2 rings (SSSR count). The number of hydrogen-bond donors (Lipinski definition) is 3. The summed E-state index contributed by atoms with van der Waals surface area (Å²) in [7, 11) is 1.35. The molecule has 2 unspecified atom stereocenters. The Bertz CT molecular complexity index is 446. The van der Waals surface area contributed by atoms with Gasteiger partial charge in [-0.05, 0) is 19.1 Å². The third kappa shape index (κ3) is 3.15. The zero-order valence-electron chi connectivity index (χ0n) is 11.2. The van der Waals surface area contributed by atoms with Crippen LogP contribution in [0.15, 0.2) is 12.1 Å². The number of aliphatic hydroxyl groups is 1. The summed E-state index contributed by atoms with van der Waals surface area (Å²) in [5.74, 6) is -0.386. The van der Waals surface area contributed by atoms with Crippen molar-refractivity contribution in [2.45, 2.75) is 31.6 Å². The second kappa shape index (κ2) is 5.73. The average molecular weight is 268 g/mol. The minimum atomic E-state index is -0.808. The highest BCUT2D eigenvalue weighted by Gasteiger charge is 2.38. The van der Waals surface area contributed by atoms with Crippen LogP contribution >= 0.6 is 0 Å². The van der Waals surface area contributed by atoms with Crippen LogP contribution in [0, 0.1) is 0 Å². The Balaban J connectivity index is 1.83. The quantitative estimate of drug-likeness (QED) is 0.675. The van der Waals surface area contributed by atoms with Gasteiger partial charge >= 0.3 is 5.97 Å². The molecule has 1 aliphatic heterocycles. The first-order valence-corrected chi connectivity index (χ1v) is 6.36. The van der Waals surface area contributed by atoms with Crippen LogP contribution < -0.4 is 5.32 Å². The molecule has 0 aliphatic carbocycles. The molecule has 1 fully saturated rings. The van der Waals surface area contributed by atoms with Crippen molar-refractivity contribution in [3.63, 3.8) is 0 Å². The Labute approximate surface area is 112 Å². The lowest BCUT2D eigenvalue weighted by Gasteiger charge is -2.26. The van der Waals surface area contributed by atoms with Crippen LogP contribution in [0.5, 0.6) is 0 Å². The number of carbonyl (C=O) groups excluding carboxylic acids is 1. The molecule has 0 radical (unpaired) electrons. The molecule has 0 saturated carbocycles. The highest BCUT2D eigenvalue weighted by Crippen LogP contribution is 2.24.